The van der Waals surface area contributed by atoms with E-state index >= 15 is 0 Å². The van der Waals surface area contributed by atoms with Gasteiger partial charge in [0.1, 0.15) is 0 Å². The van der Waals surface area contributed by atoms with Gasteiger partial charge in [-0.15, -0.1) is 0 Å². The van der Waals surface area contributed by atoms with E-state index in [-0.39, 0.29) is 0 Å². The Kier molecular flexibility index (Phi) is 5.82. The Labute approximate surface area is 97.3 Å². The average Bonchev–Trinajstić information content (AvgIpc) is 2.62. The third-order valence-corrected chi connectivity index (χ3v) is 2.25. The van der Waals surface area contributed by atoms with E-state index in [1.165, 1.54) is 5.69 Å². The van der Waals surface area contributed by atoms with Crippen LogP contribution in [0.5, 0.6) is 0 Å². The molecule has 0 fully saturated rings. The quantitative estimate of drug-likeness (QED) is 0.531. The number of nitrogens with zero attached hydrogens (tertiary/aromatic N) is 2. The zero-order valence-corrected chi connectivity index (χ0v) is 10.2. The molecule has 0 spiro atoms. The lowest BCUT2D eigenvalue weighted by Crippen LogP contribution is -2.23. The average molecular weight is 223 g/mol. The van der Waals surface area contributed by atoms with Crippen LogP contribution in [0, 0.1) is 0 Å². The van der Waals surface area contributed by atoms with Crippen molar-refractivity contribution in [3.05, 3.63) is 30.1 Å². The van der Waals surface area contributed by atoms with Gasteiger partial charge >= 0.3 is 0 Å². The molecule has 1 rings (SSSR count). The van der Waals surface area contributed by atoms with Crippen molar-refractivity contribution in [2.45, 2.75) is 13.3 Å². The predicted molar refractivity (Wildman–Crippen MR) is 65.4 cm³/mol. The van der Waals surface area contributed by atoms with Crippen molar-refractivity contribution in [1.29, 1.82) is 0 Å². The maximum absolute atomic E-state index is 5.38. The molecule has 0 bridgehead atoms. The highest BCUT2D eigenvalue weighted by Gasteiger charge is 1.97. The molecular weight excluding hydrogens is 202 g/mol. The Bertz CT molecular complexity index is 320. The molecule has 0 aliphatic rings. The fraction of sp³-hybridized carbons (Fsp3) is 0.583. The summed E-state index contributed by atoms with van der Waals surface area (Å²) in [6.45, 7) is 8.97. The first-order chi connectivity index (χ1) is 7.70. The molecule has 0 aromatic carbocycles. The van der Waals surface area contributed by atoms with Crippen LogP contribution in [0.3, 0.4) is 0 Å². The van der Waals surface area contributed by atoms with Crippen LogP contribution >= 0.6 is 0 Å². The molecule has 0 aliphatic carbocycles. The van der Waals surface area contributed by atoms with Crippen LogP contribution in [0.1, 0.15) is 12.6 Å². The van der Waals surface area contributed by atoms with Crippen LogP contribution < -0.4 is 5.32 Å². The Hall–Kier alpha value is -1.13. The Morgan fingerprint density at radius 1 is 1.56 bits per heavy atom. The van der Waals surface area contributed by atoms with Gasteiger partial charge in [0.25, 0.3) is 0 Å². The highest BCUT2D eigenvalue weighted by molar-refractivity contribution is 5.00. The van der Waals surface area contributed by atoms with E-state index in [4.69, 9.17) is 4.74 Å². The van der Waals surface area contributed by atoms with Crippen LogP contribution in [0.2, 0.25) is 0 Å². The van der Waals surface area contributed by atoms with Crippen LogP contribution in [0.4, 0.5) is 0 Å². The Balaban J connectivity index is 1.96. The number of aryl methyl sites for hydroxylation is 1. The van der Waals surface area contributed by atoms with Crippen molar-refractivity contribution in [3.8, 4) is 0 Å². The lowest BCUT2D eigenvalue weighted by atomic mass is 10.3. The van der Waals surface area contributed by atoms with Gasteiger partial charge < -0.3 is 10.1 Å². The minimum atomic E-state index is 0.656. The van der Waals surface area contributed by atoms with E-state index in [2.05, 4.69) is 17.0 Å². The number of hydrogen-bond donors (Lipinski definition) is 1. The lowest BCUT2D eigenvalue weighted by molar-refractivity contribution is 0.158. The number of rotatable bonds is 8. The molecule has 16 heavy (non-hydrogen) atoms. The van der Waals surface area contributed by atoms with Gasteiger partial charge in [-0.3, -0.25) is 4.68 Å². The first-order valence-electron chi connectivity index (χ1n) is 5.60. The second-order valence-corrected chi connectivity index (χ2v) is 3.96. The fourth-order valence-corrected chi connectivity index (χ4v) is 1.38. The minimum absolute atomic E-state index is 0.656. The molecule has 4 heteroatoms. The van der Waals surface area contributed by atoms with Crippen molar-refractivity contribution >= 4 is 0 Å². The van der Waals surface area contributed by atoms with Gasteiger partial charge in [-0.25, -0.2) is 0 Å². The van der Waals surface area contributed by atoms with Gasteiger partial charge in [-0.2, -0.15) is 5.10 Å². The van der Waals surface area contributed by atoms with Gasteiger partial charge in [0.15, 0.2) is 0 Å². The summed E-state index contributed by atoms with van der Waals surface area (Å²) < 4.78 is 7.28. The van der Waals surface area contributed by atoms with Gasteiger partial charge in [-0.05, 0) is 13.0 Å². The number of hydrogen-bond acceptors (Lipinski definition) is 3. The lowest BCUT2D eigenvalue weighted by Gasteiger charge is -2.06. The Morgan fingerprint density at radius 2 is 2.38 bits per heavy atom. The molecule has 0 unspecified atom stereocenters. The number of nitrogens with one attached hydrogen (secondary N) is 1. The molecule has 0 aliphatic heterocycles. The third kappa shape index (κ3) is 5.09. The summed E-state index contributed by atoms with van der Waals surface area (Å²) in [5.41, 5.74) is 2.31. The second-order valence-electron chi connectivity index (χ2n) is 3.96. The van der Waals surface area contributed by atoms with E-state index in [1.807, 2.05) is 30.9 Å². The van der Waals surface area contributed by atoms with Gasteiger partial charge in [-0.1, -0.05) is 12.2 Å². The Morgan fingerprint density at radius 3 is 3.00 bits per heavy atom. The molecule has 1 aromatic rings. The molecule has 1 N–H and O–H groups in total. The molecule has 4 nitrogen and oxygen atoms in total. The normalized spacial score (nSPS) is 10.6. The maximum atomic E-state index is 5.38. The maximum Gasteiger partial charge on any atom is 0.0672 e. The van der Waals surface area contributed by atoms with Crippen LogP contribution in [-0.4, -0.2) is 36.1 Å². The zero-order valence-electron chi connectivity index (χ0n) is 10.2. The molecule has 90 valence electrons. The van der Waals surface area contributed by atoms with Crippen molar-refractivity contribution < 1.29 is 4.74 Å². The SMILES string of the molecule is C=C(C)COCCNCCc1ccnn1C. The summed E-state index contributed by atoms with van der Waals surface area (Å²) in [6, 6.07) is 2.04. The van der Waals surface area contributed by atoms with Crippen molar-refractivity contribution in [2.24, 2.45) is 7.05 Å². The standard InChI is InChI=1S/C12H21N3O/c1-11(2)10-16-9-8-13-6-4-12-5-7-14-15(12)3/h5,7,13H,1,4,6,8-10H2,2-3H3. The minimum Gasteiger partial charge on any atom is -0.376 e. The summed E-state index contributed by atoms with van der Waals surface area (Å²) in [6.07, 6.45) is 2.82. The van der Waals surface area contributed by atoms with Crippen molar-refractivity contribution in [1.82, 2.24) is 15.1 Å². The van der Waals surface area contributed by atoms with E-state index < -0.39 is 0 Å². The second kappa shape index (κ2) is 7.19. The highest BCUT2D eigenvalue weighted by atomic mass is 16.5. The summed E-state index contributed by atoms with van der Waals surface area (Å²) in [5.74, 6) is 0. The topological polar surface area (TPSA) is 39.1 Å². The molecular formula is C12H21N3O. The van der Waals surface area contributed by atoms with Crippen LogP contribution in [0.25, 0.3) is 0 Å². The predicted octanol–water partition coefficient (Wildman–Crippen LogP) is 1.14. The molecule has 0 saturated heterocycles. The zero-order chi connectivity index (χ0) is 11.8. The van der Waals surface area contributed by atoms with Crippen LogP contribution in [0.15, 0.2) is 24.4 Å². The largest absolute Gasteiger partial charge is 0.376 e. The first-order valence-corrected chi connectivity index (χ1v) is 5.60. The molecule has 0 radical (unpaired) electrons. The summed E-state index contributed by atoms with van der Waals surface area (Å²) in [5, 5.41) is 7.45. The summed E-state index contributed by atoms with van der Waals surface area (Å²) in [7, 11) is 1.96. The van der Waals surface area contributed by atoms with E-state index in [9.17, 15) is 0 Å². The molecule has 0 saturated carbocycles. The number of aromatic nitrogens is 2. The van der Waals surface area contributed by atoms with Gasteiger partial charge in [0.05, 0.1) is 13.2 Å². The monoisotopic (exact) mass is 223 g/mol. The van der Waals surface area contributed by atoms with Gasteiger partial charge in [0, 0.05) is 38.4 Å². The summed E-state index contributed by atoms with van der Waals surface area (Å²) in [4.78, 5) is 0. The van der Waals surface area contributed by atoms with Gasteiger partial charge in [0.2, 0.25) is 0 Å². The van der Waals surface area contributed by atoms with Crippen molar-refractivity contribution in [2.75, 3.05) is 26.3 Å². The van der Waals surface area contributed by atoms with E-state index in [1.54, 1.807) is 0 Å². The smallest absolute Gasteiger partial charge is 0.0672 e. The van der Waals surface area contributed by atoms with E-state index in [0.29, 0.717) is 6.61 Å². The summed E-state index contributed by atoms with van der Waals surface area (Å²) >= 11 is 0. The third-order valence-electron chi connectivity index (χ3n) is 2.25. The molecule has 0 atom stereocenters. The highest BCUT2D eigenvalue weighted by Crippen LogP contribution is 1.95. The first kappa shape index (κ1) is 12.9. The molecule has 1 heterocycles. The molecule has 0 amide bonds. The fourth-order valence-electron chi connectivity index (χ4n) is 1.38. The van der Waals surface area contributed by atoms with Crippen molar-refractivity contribution in [3.63, 3.8) is 0 Å². The molecule has 1 aromatic heterocycles. The van der Waals surface area contributed by atoms with Crippen LogP contribution in [-0.2, 0) is 18.2 Å². The number of ether oxygens (including phenoxy) is 1. The van der Waals surface area contributed by atoms with E-state index in [0.717, 1.165) is 31.7 Å².